The monoisotopic (exact) mass is 255 g/mol. The smallest absolute Gasteiger partial charge is 0.253 e. The Hall–Kier alpha value is -2.23. The molecule has 1 aromatic carbocycles. The van der Waals surface area contributed by atoms with Gasteiger partial charge in [0, 0.05) is 28.8 Å². The molecule has 4 nitrogen and oxygen atoms in total. The second-order valence-electron chi connectivity index (χ2n) is 4.96. The molecule has 98 valence electrons. The van der Waals surface area contributed by atoms with Crippen LogP contribution in [-0.4, -0.2) is 16.9 Å². The van der Waals surface area contributed by atoms with Gasteiger partial charge >= 0.3 is 0 Å². The average Bonchev–Trinajstić information content (AvgIpc) is 2.82. The van der Waals surface area contributed by atoms with Crippen molar-refractivity contribution < 1.29 is 4.79 Å². The number of nitrogen functional groups attached to an aromatic ring is 1. The van der Waals surface area contributed by atoms with Crippen LogP contribution in [0.25, 0.3) is 10.9 Å². The van der Waals surface area contributed by atoms with Gasteiger partial charge in [0.15, 0.2) is 0 Å². The summed E-state index contributed by atoms with van der Waals surface area (Å²) in [6.07, 6.45) is 9.01. The van der Waals surface area contributed by atoms with Gasteiger partial charge in [-0.25, -0.2) is 0 Å². The number of aromatic amines is 1. The van der Waals surface area contributed by atoms with Crippen molar-refractivity contribution in [2.24, 2.45) is 0 Å². The number of hydrogen-bond acceptors (Lipinski definition) is 2. The van der Waals surface area contributed by atoms with Gasteiger partial charge in [-0.1, -0.05) is 12.2 Å². The van der Waals surface area contributed by atoms with Gasteiger partial charge in [-0.2, -0.15) is 0 Å². The third-order valence-electron chi connectivity index (χ3n) is 3.55. The van der Waals surface area contributed by atoms with Gasteiger partial charge in [-0.15, -0.1) is 0 Å². The number of benzene rings is 1. The quantitative estimate of drug-likeness (QED) is 0.570. The summed E-state index contributed by atoms with van der Waals surface area (Å²) in [5.74, 6) is -0.0173. The fourth-order valence-corrected chi connectivity index (χ4v) is 2.52. The maximum Gasteiger partial charge on any atom is 0.253 e. The van der Waals surface area contributed by atoms with E-state index in [-0.39, 0.29) is 11.9 Å². The Bertz CT molecular complexity index is 642. The van der Waals surface area contributed by atoms with E-state index >= 15 is 0 Å². The molecule has 1 atom stereocenters. The zero-order valence-electron chi connectivity index (χ0n) is 10.6. The van der Waals surface area contributed by atoms with Crippen LogP contribution in [0, 0.1) is 0 Å². The van der Waals surface area contributed by atoms with Gasteiger partial charge in [0.05, 0.1) is 5.56 Å². The van der Waals surface area contributed by atoms with Crippen LogP contribution in [0.3, 0.4) is 0 Å². The Balaban J connectivity index is 1.83. The third-order valence-corrected chi connectivity index (χ3v) is 3.55. The molecule has 1 aliphatic carbocycles. The van der Waals surface area contributed by atoms with E-state index in [1.165, 1.54) is 0 Å². The maximum atomic E-state index is 12.3. The molecule has 1 unspecified atom stereocenters. The van der Waals surface area contributed by atoms with Crippen molar-refractivity contribution in [3.05, 3.63) is 42.1 Å². The van der Waals surface area contributed by atoms with Crippen LogP contribution in [0.2, 0.25) is 0 Å². The van der Waals surface area contributed by atoms with Crippen molar-refractivity contribution in [1.29, 1.82) is 0 Å². The molecular formula is C15H17N3O. The number of nitrogens with two attached hydrogens (primary N) is 1. The highest BCUT2D eigenvalue weighted by molar-refractivity contribution is 6.07. The molecule has 4 N–H and O–H groups in total. The molecular weight excluding hydrogens is 238 g/mol. The fourth-order valence-electron chi connectivity index (χ4n) is 2.52. The van der Waals surface area contributed by atoms with E-state index < -0.39 is 0 Å². The topological polar surface area (TPSA) is 70.9 Å². The van der Waals surface area contributed by atoms with Crippen molar-refractivity contribution in [3.63, 3.8) is 0 Å². The Labute approximate surface area is 111 Å². The van der Waals surface area contributed by atoms with E-state index in [0.717, 1.165) is 30.2 Å². The molecule has 0 fully saturated rings. The van der Waals surface area contributed by atoms with Crippen LogP contribution < -0.4 is 11.1 Å². The summed E-state index contributed by atoms with van der Waals surface area (Å²) in [6.45, 7) is 0. The zero-order valence-corrected chi connectivity index (χ0v) is 10.6. The first-order chi connectivity index (χ1) is 9.24. The number of H-pyrrole nitrogens is 1. The predicted octanol–water partition coefficient (Wildman–Crippen LogP) is 2.59. The summed E-state index contributed by atoms with van der Waals surface area (Å²) in [5.41, 5.74) is 8.01. The highest BCUT2D eigenvalue weighted by Gasteiger charge is 2.17. The number of amides is 1. The molecule has 0 saturated carbocycles. The second-order valence-corrected chi connectivity index (χ2v) is 4.96. The summed E-state index contributed by atoms with van der Waals surface area (Å²) in [7, 11) is 0. The maximum absolute atomic E-state index is 12.3. The SMILES string of the molecule is Nc1ccc2c(C(=O)NC3CC=CCC3)c[nH]c2c1. The molecule has 0 spiro atoms. The lowest BCUT2D eigenvalue weighted by atomic mass is 10.0. The Morgan fingerprint density at radius 1 is 1.37 bits per heavy atom. The Morgan fingerprint density at radius 2 is 2.26 bits per heavy atom. The zero-order chi connectivity index (χ0) is 13.2. The van der Waals surface area contributed by atoms with Gasteiger partial charge < -0.3 is 16.0 Å². The highest BCUT2D eigenvalue weighted by Crippen LogP contribution is 2.21. The van der Waals surface area contributed by atoms with Gasteiger partial charge in [0.25, 0.3) is 5.91 Å². The van der Waals surface area contributed by atoms with Gasteiger partial charge in [-0.3, -0.25) is 4.79 Å². The number of hydrogen-bond donors (Lipinski definition) is 3. The summed E-state index contributed by atoms with van der Waals surface area (Å²) >= 11 is 0. The summed E-state index contributed by atoms with van der Waals surface area (Å²) in [6, 6.07) is 5.79. The first-order valence-corrected chi connectivity index (χ1v) is 6.56. The van der Waals surface area contributed by atoms with Gasteiger partial charge in [0.2, 0.25) is 0 Å². The first kappa shape index (κ1) is 11.8. The van der Waals surface area contributed by atoms with Crippen molar-refractivity contribution in [2.45, 2.75) is 25.3 Å². The van der Waals surface area contributed by atoms with E-state index in [2.05, 4.69) is 22.5 Å². The Kier molecular flexibility index (Phi) is 2.99. The van der Waals surface area contributed by atoms with Crippen LogP contribution in [0.1, 0.15) is 29.6 Å². The molecule has 1 aromatic heterocycles. The van der Waals surface area contributed by atoms with Crippen LogP contribution in [0.15, 0.2) is 36.5 Å². The average molecular weight is 255 g/mol. The molecule has 1 heterocycles. The van der Waals surface area contributed by atoms with Crippen LogP contribution in [0.5, 0.6) is 0 Å². The lowest BCUT2D eigenvalue weighted by Gasteiger charge is -2.19. The molecule has 3 rings (SSSR count). The summed E-state index contributed by atoms with van der Waals surface area (Å²) in [5, 5.41) is 4.00. The van der Waals surface area contributed by atoms with E-state index in [9.17, 15) is 4.79 Å². The van der Waals surface area contributed by atoms with Gasteiger partial charge in [0.1, 0.15) is 0 Å². The molecule has 1 aliphatic rings. The number of carbonyl (C=O) groups excluding carboxylic acids is 1. The van der Waals surface area contributed by atoms with Crippen molar-refractivity contribution >= 4 is 22.5 Å². The number of nitrogens with one attached hydrogen (secondary N) is 2. The van der Waals surface area contributed by atoms with E-state index in [0.29, 0.717) is 11.3 Å². The molecule has 0 bridgehead atoms. The van der Waals surface area contributed by atoms with Crippen LogP contribution >= 0.6 is 0 Å². The number of anilines is 1. The van der Waals surface area contributed by atoms with Crippen LogP contribution in [0.4, 0.5) is 5.69 Å². The first-order valence-electron chi connectivity index (χ1n) is 6.56. The number of allylic oxidation sites excluding steroid dienone is 1. The standard InChI is InChI=1S/C15H17N3O/c16-10-6-7-12-13(9-17-14(12)8-10)15(19)18-11-4-2-1-3-5-11/h1-2,6-9,11,17H,3-5,16H2,(H,18,19). The third kappa shape index (κ3) is 2.34. The minimum atomic E-state index is -0.0173. The number of fused-ring (bicyclic) bond motifs is 1. The number of carbonyl (C=O) groups is 1. The van der Waals surface area contributed by atoms with E-state index in [1.807, 2.05) is 18.2 Å². The van der Waals surface area contributed by atoms with Crippen molar-refractivity contribution in [1.82, 2.24) is 10.3 Å². The number of aromatic nitrogens is 1. The lowest BCUT2D eigenvalue weighted by Crippen LogP contribution is -2.35. The second kappa shape index (κ2) is 4.80. The van der Waals surface area contributed by atoms with E-state index in [4.69, 9.17) is 5.73 Å². The van der Waals surface area contributed by atoms with Gasteiger partial charge in [-0.05, 0) is 37.5 Å². The summed E-state index contributed by atoms with van der Waals surface area (Å²) < 4.78 is 0. The normalized spacial score (nSPS) is 18.6. The largest absolute Gasteiger partial charge is 0.399 e. The van der Waals surface area contributed by atoms with Crippen molar-refractivity contribution in [2.75, 3.05) is 5.73 Å². The molecule has 0 saturated heterocycles. The Morgan fingerprint density at radius 3 is 3.05 bits per heavy atom. The molecule has 0 radical (unpaired) electrons. The molecule has 1 amide bonds. The fraction of sp³-hybridized carbons (Fsp3) is 0.267. The van der Waals surface area contributed by atoms with Crippen molar-refractivity contribution in [3.8, 4) is 0 Å². The minimum Gasteiger partial charge on any atom is -0.399 e. The predicted molar refractivity (Wildman–Crippen MR) is 77.0 cm³/mol. The number of rotatable bonds is 2. The lowest BCUT2D eigenvalue weighted by molar-refractivity contribution is 0.0936. The molecule has 0 aliphatic heterocycles. The molecule has 19 heavy (non-hydrogen) atoms. The molecule has 2 aromatic rings. The van der Waals surface area contributed by atoms with Crippen LogP contribution in [-0.2, 0) is 0 Å². The molecule has 4 heteroatoms. The highest BCUT2D eigenvalue weighted by atomic mass is 16.1. The minimum absolute atomic E-state index is 0.0173. The van der Waals surface area contributed by atoms with E-state index in [1.54, 1.807) is 6.20 Å². The summed E-state index contributed by atoms with van der Waals surface area (Å²) in [4.78, 5) is 15.4.